The maximum Gasteiger partial charge on any atom is 0.133 e. The summed E-state index contributed by atoms with van der Waals surface area (Å²) in [7, 11) is 1.77. The normalized spacial score (nSPS) is 48.2. The van der Waals surface area contributed by atoms with Crippen molar-refractivity contribution in [3.63, 3.8) is 0 Å². The summed E-state index contributed by atoms with van der Waals surface area (Å²) in [4.78, 5) is 0. The van der Waals surface area contributed by atoms with Gasteiger partial charge in [-0.1, -0.05) is 44.4 Å². The van der Waals surface area contributed by atoms with Gasteiger partial charge in [0.15, 0.2) is 0 Å². The first kappa shape index (κ1) is 17.0. The van der Waals surface area contributed by atoms with Gasteiger partial charge in [-0.3, -0.25) is 0 Å². The Labute approximate surface area is 152 Å². The molecule has 0 bridgehead atoms. The van der Waals surface area contributed by atoms with Crippen LogP contribution < -0.4 is 0 Å². The van der Waals surface area contributed by atoms with Crippen LogP contribution in [-0.4, -0.2) is 17.8 Å². The minimum absolute atomic E-state index is 0.117. The topological polar surface area (TPSA) is 29.5 Å². The molecule has 0 radical (unpaired) electrons. The predicted molar refractivity (Wildman–Crippen MR) is 100 cm³/mol. The first-order valence-electron chi connectivity index (χ1n) is 9.66. The van der Waals surface area contributed by atoms with E-state index in [1.54, 1.807) is 12.7 Å². The molecule has 2 nitrogen and oxygen atoms in total. The number of fused-ring (bicyclic) bond motifs is 5. The maximum atomic E-state index is 11.3. The minimum Gasteiger partial charge on any atom is -0.501 e. The maximum absolute atomic E-state index is 11.3. The van der Waals surface area contributed by atoms with Crippen molar-refractivity contribution in [3.05, 3.63) is 35.1 Å². The second kappa shape index (κ2) is 5.27. The van der Waals surface area contributed by atoms with Crippen LogP contribution in [0.1, 0.15) is 52.9 Å². The van der Waals surface area contributed by atoms with Crippen molar-refractivity contribution < 1.29 is 9.84 Å². The van der Waals surface area contributed by atoms with Crippen LogP contribution in [0.25, 0.3) is 0 Å². The van der Waals surface area contributed by atoms with Crippen molar-refractivity contribution in [1.29, 1.82) is 0 Å². The largest absolute Gasteiger partial charge is 0.501 e. The van der Waals surface area contributed by atoms with Crippen molar-refractivity contribution in [1.82, 2.24) is 0 Å². The highest BCUT2D eigenvalue weighted by Crippen LogP contribution is 2.66. The summed E-state index contributed by atoms with van der Waals surface area (Å²) in [5, 5.41) is 11.3. The molecule has 0 heterocycles. The van der Waals surface area contributed by atoms with Gasteiger partial charge in [-0.25, -0.2) is 0 Å². The Balaban J connectivity index is 1.77. The lowest BCUT2D eigenvalue weighted by Gasteiger charge is -2.53. The van der Waals surface area contributed by atoms with E-state index in [4.69, 9.17) is 11.2 Å². The van der Waals surface area contributed by atoms with E-state index < -0.39 is 5.60 Å². The molecular formula is C23H30O2. The Bertz CT molecular complexity index is 736. The zero-order valence-corrected chi connectivity index (χ0v) is 15.9. The molecule has 0 saturated heterocycles. The highest BCUT2D eigenvalue weighted by Gasteiger charge is 2.63. The molecule has 2 heteroatoms. The number of allylic oxidation sites excluding steroid dienone is 6. The number of terminal acetylenes is 1. The van der Waals surface area contributed by atoms with Gasteiger partial charge < -0.3 is 9.84 Å². The van der Waals surface area contributed by atoms with Crippen molar-refractivity contribution in [2.75, 3.05) is 7.11 Å². The van der Waals surface area contributed by atoms with E-state index in [1.807, 2.05) is 0 Å². The third kappa shape index (κ3) is 1.97. The zero-order chi connectivity index (χ0) is 18.0. The number of hydrogen-bond acceptors (Lipinski definition) is 2. The summed E-state index contributed by atoms with van der Waals surface area (Å²) in [5.41, 5.74) is 1.93. The van der Waals surface area contributed by atoms with Crippen LogP contribution in [0.5, 0.6) is 0 Å². The average molecular weight is 338 g/mol. The van der Waals surface area contributed by atoms with Crippen LogP contribution in [-0.2, 0) is 4.74 Å². The Kier molecular flexibility index (Phi) is 3.58. The van der Waals surface area contributed by atoms with Crippen molar-refractivity contribution in [3.8, 4) is 12.3 Å². The summed E-state index contributed by atoms with van der Waals surface area (Å²) in [5.74, 6) is 5.02. The van der Waals surface area contributed by atoms with Crippen molar-refractivity contribution in [2.45, 2.75) is 58.5 Å². The Hall–Kier alpha value is -1.46. The molecule has 4 aliphatic carbocycles. The molecule has 0 aromatic carbocycles. The fourth-order valence-corrected chi connectivity index (χ4v) is 6.43. The van der Waals surface area contributed by atoms with E-state index in [2.05, 4.69) is 44.9 Å². The first-order valence-corrected chi connectivity index (χ1v) is 9.66. The average Bonchev–Trinajstić information content (AvgIpc) is 2.82. The fourth-order valence-electron chi connectivity index (χ4n) is 6.43. The van der Waals surface area contributed by atoms with E-state index in [9.17, 15) is 5.11 Å². The Morgan fingerprint density at radius 2 is 2.08 bits per heavy atom. The SMILES string of the molecule is C#C[C@]1(O)[C@@H](C)C[C@H]2[C@@H]3CC=C4C=C(OC)CC[C@]4(C)C3=CC[C@@]21C. The number of rotatable bonds is 1. The van der Waals surface area contributed by atoms with Crippen LogP contribution in [0.3, 0.4) is 0 Å². The van der Waals surface area contributed by atoms with E-state index in [1.165, 1.54) is 5.57 Å². The molecular weight excluding hydrogens is 308 g/mol. The van der Waals surface area contributed by atoms with Crippen LogP contribution in [0.15, 0.2) is 35.1 Å². The molecule has 0 aromatic heterocycles. The van der Waals surface area contributed by atoms with Gasteiger partial charge in [0.05, 0.1) is 12.9 Å². The van der Waals surface area contributed by atoms with Gasteiger partial charge in [0.2, 0.25) is 0 Å². The summed E-state index contributed by atoms with van der Waals surface area (Å²) in [6, 6.07) is 0. The van der Waals surface area contributed by atoms with Gasteiger partial charge in [0.1, 0.15) is 5.60 Å². The van der Waals surface area contributed by atoms with E-state index in [0.717, 1.165) is 37.9 Å². The quantitative estimate of drug-likeness (QED) is 0.558. The van der Waals surface area contributed by atoms with Gasteiger partial charge >= 0.3 is 0 Å². The fraction of sp³-hybridized carbons (Fsp3) is 0.652. The lowest BCUT2D eigenvalue weighted by atomic mass is 9.52. The number of ether oxygens (including phenoxy) is 1. The highest BCUT2D eigenvalue weighted by atomic mass is 16.5. The van der Waals surface area contributed by atoms with E-state index >= 15 is 0 Å². The smallest absolute Gasteiger partial charge is 0.133 e. The molecule has 4 aliphatic rings. The van der Waals surface area contributed by atoms with Crippen molar-refractivity contribution >= 4 is 0 Å². The highest BCUT2D eigenvalue weighted by molar-refractivity contribution is 5.46. The monoisotopic (exact) mass is 338 g/mol. The molecule has 0 aliphatic heterocycles. The molecule has 134 valence electrons. The predicted octanol–water partition coefficient (Wildman–Crippen LogP) is 4.62. The summed E-state index contributed by atoms with van der Waals surface area (Å²) in [6.45, 7) is 6.75. The van der Waals surface area contributed by atoms with E-state index in [0.29, 0.717) is 11.8 Å². The standard InChI is InChI=1S/C23H30O2/c1-6-23(24)15(2)13-20-18-8-7-16-14-17(25-5)9-11-21(16,3)19(18)10-12-22(20,23)4/h1,7,10,14-15,18,20,24H,8-9,11-13H2,2-5H3/t15-,18+,20-,21-,22-,23-/m0/s1. The third-order valence-electron chi connectivity index (χ3n) is 8.18. The molecule has 0 aromatic rings. The van der Waals surface area contributed by atoms with Gasteiger partial charge in [-0.15, -0.1) is 6.42 Å². The third-order valence-corrected chi connectivity index (χ3v) is 8.18. The Morgan fingerprint density at radius 1 is 1.32 bits per heavy atom. The van der Waals surface area contributed by atoms with Crippen LogP contribution >= 0.6 is 0 Å². The molecule has 1 N–H and O–H groups in total. The summed E-state index contributed by atoms with van der Waals surface area (Å²) < 4.78 is 5.51. The molecule has 1 fully saturated rings. The van der Waals surface area contributed by atoms with Gasteiger partial charge in [-0.05, 0) is 55.1 Å². The van der Waals surface area contributed by atoms with Gasteiger partial charge in [0.25, 0.3) is 0 Å². The molecule has 0 amide bonds. The lowest BCUT2D eigenvalue weighted by Crippen LogP contribution is -2.51. The molecule has 4 rings (SSSR count). The zero-order valence-electron chi connectivity index (χ0n) is 15.9. The van der Waals surface area contributed by atoms with Gasteiger partial charge in [-0.2, -0.15) is 0 Å². The van der Waals surface area contributed by atoms with Crippen LogP contribution in [0.4, 0.5) is 0 Å². The Morgan fingerprint density at radius 3 is 2.76 bits per heavy atom. The summed E-state index contributed by atoms with van der Waals surface area (Å²) in [6.07, 6.45) is 18.0. The van der Waals surface area contributed by atoms with Gasteiger partial charge in [0, 0.05) is 17.3 Å². The van der Waals surface area contributed by atoms with Crippen LogP contribution in [0, 0.1) is 40.9 Å². The second-order valence-electron chi connectivity index (χ2n) is 9.08. The molecule has 0 spiro atoms. The minimum atomic E-state index is -0.986. The molecule has 6 atom stereocenters. The number of aliphatic hydroxyl groups is 1. The molecule has 1 saturated carbocycles. The molecule has 0 unspecified atom stereocenters. The number of methoxy groups -OCH3 is 1. The number of hydrogen-bond donors (Lipinski definition) is 1. The second-order valence-corrected chi connectivity index (χ2v) is 9.08. The summed E-state index contributed by atoms with van der Waals surface area (Å²) >= 11 is 0. The molecule has 25 heavy (non-hydrogen) atoms. The lowest BCUT2D eigenvalue weighted by molar-refractivity contribution is -0.0530. The van der Waals surface area contributed by atoms with Crippen LogP contribution in [0.2, 0.25) is 0 Å². The first-order chi connectivity index (χ1) is 11.8. The van der Waals surface area contributed by atoms with E-state index in [-0.39, 0.29) is 16.7 Å². The van der Waals surface area contributed by atoms with Crippen molar-refractivity contribution in [2.24, 2.45) is 28.6 Å².